The van der Waals surface area contributed by atoms with E-state index in [0.29, 0.717) is 6.61 Å². The van der Waals surface area contributed by atoms with Crippen LogP contribution in [0.15, 0.2) is 0 Å². The zero-order valence-electron chi connectivity index (χ0n) is 8.69. The van der Waals surface area contributed by atoms with Crippen molar-refractivity contribution >= 4 is 0 Å². The molecule has 0 aromatic heterocycles. The van der Waals surface area contributed by atoms with Gasteiger partial charge in [-0.15, -0.1) is 0 Å². The highest BCUT2D eigenvalue weighted by Gasteiger charge is 2.06. The molecule has 0 unspecified atom stereocenters. The summed E-state index contributed by atoms with van der Waals surface area (Å²) < 4.78 is 0. The van der Waals surface area contributed by atoms with Gasteiger partial charge in [0.25, 0.3) is 0 Å². The molecule has 0 spiro atoms. The summed E-state index contributed by atoms with van der Waals surface area (Å²) >= 11 is 0. The fourth-order valence-corrected chi connectivity index (χ4v) is 1.05. The van der Waals surface area contributed by atoms with Gasteiger partial charge < -0.3 is 10.4 Å². The van der Waals surface area contributed by atoms with Gasteiger partial charge in [-0.25, -0.2) is 0 Å². The van der Waals surface area contributed by atoms with E-state index in [1.54, 1.807) is 0 Å². The third-order valence-electron chi connectivity index (χ3n) is 1.74. The maximum atomic E-state index is 8.54. The molecular weight excluding hydrogens is 150 g/mol. The van der Waals surface area contributed by atoms with E-state index >= 15 is 0 Å². The molecule has 2 N–H and O–H groups in total. The smallest absolute Gasteiger partial charge is 0.0431 e. The van der Waals surface area contributed by atoms with Crippen molar-refractivity contribution in [3.63, 3.8) is 0 Å². The van der Waals surface area contributed by atoms with Crippen molar-refractivity contribution in [2.45, 2.75) is 52.0 Å². The minimum atomic E-state index is 0.247. The Morgan fingerprint density at radius 3 is 2.08 bits per heavy atom. The summed E-state index contributed by atoms with van der Waals surface area (Å²) in [5.41, 5.74) is 0.247. The molecule has 0 radical (unpaired) electrons. The van der Waals surface area contributed by atoms with Crippen molar-refractivity contribution in [2.24, 2.45) is 0 Å². The van der Waals surface area contributed by atoms with Gasteiger partial charge in [-0.2, -0.15) is 0 Å². The van der Waals surface area contributed by atoms with Crippen LogP contribution in [0.3, 0.4) is 0 Å². The highest BCUT2D eigenvalue weighted by molar-refractivity contribution is 4.69. The van der Waals surface area contributed by atoms with Crippen LogP contribution in [0.1, 0.15) is 46.5 Å². The number of aliphatic hydroxyl groups is 1. The Hall–Kier alpha value is -0.0800. The normalized spacial score (nSPS) is 12.0. The molecule has 2 nitrogen and oxygen atoms in total. The molecule has 0 fully saturated rings. The lowest BCUT2D eigenvalue weighted by Gasteiger charge is -2.20. The minimum Gasteiger partial charge on any atom is -0.396 e. The van der Waals surface area contributed by atoms with Gasteiger partial charge in [0.1, 0.15) is 0 Å². The van der Waals surface area contributed by atoms with Gasteiger partial charge in [0.05, 0.1) is 0 Å². The maximum absolute atomic E-state index is 8.54. The fourth-order valence-electron chi connectivity index (χ4n) is 1.05. The molecule has 0 bridgehead atoms. The van der Waals surface area contributed by atoms with Gasteiger partial charge in [0, 0.05) is 12.1 Å². The van der Waals surface area contributed by atoms with Gasteiger partial charge >= 0.3 is 0 Å². The zero-order chi connectivity index (χ0) is 9.45. The first-order chi connectivity index (χ1) is 5.56. The Morgan fingerprint density at radius 2 is 1.58 bits per heavy atom. The lowest BCUT2D eigenvalue weighted by molar-refractivity contribution is 0.282. The molecule has 0 aliphatic carbocycles. The monoisotopic (exact) mass is 173 g/mol. The third kappa shape index (κ3) is 9.92. The first-order valence-corrected chi connectivity index (χ1v) is 4.92. The van der Waals surface area contributed by atoms with Crippen molar-refractivity contribution in [3.05, 3.63) is 0 Å². The van der Waals surface area contributed by atoms with Crippen LogP contribution in [0.4, 0.5) is 0 Å². The SMILES string of the molecule is CC(C)(C)NCCCCCCO. The number of nitrogens with one attached hydrogen (secondary N) is 1. The summed E-state index contributed by atoms with van der Waals surface area (Å²) in [6.45, 7) is 7.98. The van der Waals surface area contributed by atoms with Crippen molar-refractivity contribution in [3.8, 4) is 0 Å². The quantitative estimate of drug-likeness (QED) is 0.601. The second kappa shape index (κ2) is 6.44. The molecule has 0 atom stereocenters. The van der Waals surface area contributed by atoms with Crippen molar-refractivity contribution in [1.29, 1.82) is 0 Å². The second-order valence-corrected chi connectivity index (χ2v) is 4.31. The third-order valence-corrected chi connectivity index (χ3v) is 1.74. The molecule has 74 valence electrons. The number of rotatable bonds is 6. The first kappa shape index (κ1) is 11.9. The number of hydrogen-bond acceptors (Lipinski definition) is 2. The molecule has 0 aliphatic rings. The molecule has 2 heteroatoms. The summed E-state index contributed by atoms with van der Waals surface area (Å²) in [7, 11) is 0. The topological polar surface area (TPSA) is 32.3 Å². The van der Waals surface area contributed by atoms with Crippen LogP contribution in [0.25, 0.3) is 0 Å². The van der Waals surface area contributed by atoms with Crippen molar-refractivity contribution in [1.82, 2.24) is 5.32 Å². The summed E-state index contributed by atoms with van der Waals surface area (Å²) in [6.07, 6.45) is 4.55. The number of unbranched alkanes of at least 4 members (excludes halogenated alkanes) is 3. The molecule has 0 rings (SSSR count). The summed E-state index contributed by atoms with van der Waals surface area (Å²) in [4.78, 5) is 0. The predicted molar refractivity (Wildman–Crippen MR) is 53.3 cm³/mol. The molecule has 0 aromatic carbocycles. The van der Waals surface area contributed by atoms with Crippen LogP contribution >= 0.6 is 0 Å². The molecule has 0 saturated carbocycles. The van der Waals surface area contributed by atoms with Crippen LogP contribution in [0, 0.1) is 0 Å². The van der Waals surface area contributed by atoms with Crippen molar-refractivity contribution in [2.75, 3.05) is 13.2 Å². The summed E-state index contributed by atoms with van der Waals surface area (Å²) in [6, 6.07) is 0. The van der Waals surface area contributed by atoms with Crippen molar-refractivity contribution < 1.29 is 5.11 Å². The maximum Gasteiger partial charge on any atom is 0.0431 e. The van der Waals surface area contributed by atoms with Gasteiger partial charge in [0.15, 0.2) is 0 Å². The molecule has 0 amide bonds. The Kier molecular flexibility index (Phi) is 6.39. The van der Waals surface area contributed by atoms with Gasteiger partial charge in [-0.1, -0.05) is 12.8 Å². The average Bonchev–Trinajstić information content (AvgIpc) is 1.94. The molecule has 0 aliphatic heterocycles. The fraction of sp³-hybridized carbons (Fsp3) is 1.00. The number of hydrogen-bond donors (Lipinski definition) is 2. The standard InChI is InChI=1S/C10H23NO/c1-10(2,3)11-8-6-4-5-7-9-12/h11-12H,4-9H2,1-3H3. The van der Waals surface area contributed by atoms with Crippen LogP contribution in [0.5, 0.6) is 0 Å². The Balaban J connectivity index is 3.01. The lowest BCUT2D eigenvalue weighted by atomic mass is 10.1. The Bertz CT molecular complexity index is 96.5. The van der Waals surface area contributed by atoms with E-state index in [1.165, 1.54) is 12.8 Å². The van der Waals surface area contributed by atoms with Gasteiger partial charge in [-0.3, -0.25) is 0 Å². The highest BCUT2D eigenvalue weighted by Crippen LogP contribution is 2.01. The summed E-state index contributed by atoms with van der Waals surface area (Å²) in [5.74, 6) is 0. The largest absolute Gasteiger partial charge is 0.396 e. The van der Waals surface area contributed by atoms with Crippen LogP contribution in [-0.2, 0) is 0 Å². The summed E-state index contributed by atoms with van der Waals surface area (Å²) in [5, 5.41) is 12.0. The van der Waals surface area contributed by atoms with E-state index in [1.807, 2.05) is 0 Å². The number of aliphatic hydroxyl groups excluding tert-OH is 1. The lowest BCUT2D eigenvalue weighted by Crippen LogP contribution is -2.36. The zero-order valence-corrected chi connectivity index (χ0v) is 8.69. The van der Waals surface area contributed by atoms with Gasteiger partial charge in [-0.05, 0) is 40.2 Å². The van der Waals surface area contributed by atoms with Crippen LogP contribution < -0.4 is 5.32 Å². The predicted octanol–water partition coefficient (Wildman–Crippen LogP) is 1.93. The van der Waals surface area contributed by atoms with Crippen LogP contribution in [0.2, 0.25) is 0 Å². The van der Waals surface area contributed by atoms with E-state index in [0.717, 1.165) is 19.4 Å². The molecule has 0 saturated heterocycles. The van der Waals surface area contributed by atoms with E-state index in [2.05, 4.69) is 26.1 Å². The molecule has 0 heterocycles. The van der Waals surface area contributed by atoms with E-state index in [4.69, 9.17) is 5.11 Å². The average molecular weight is 173 g/mol. The van der Waals surface area contributed by atoms with Crippen LogP contribution in [-0.4, -0.2) is 23.8 Å². The molecular formula is C10H23NO. The minimum absolute atomic E-state index is 0.247. The van der Waals surface area contributed by atoms with Gasteiger partial charge in [0.2, 0.25) is 0 Å². The molecule has 12 heavy (non-hydrogen) atoms. The molecule has 0 aromatic rings. The van der Waals surface area contributed by atoms with E-state index in [-0.39, 0.29) is 5.54 Å². The Morgan fingerprint density at radius 1 is 1.00 bits per heavy atom. The van der Waals surface area contributed by atoms with E-state index < -0.39 is 0 Å². The highest BCUT2D eigenvalue weighted by atomic mass is 16.2. The Labute approximate surface area is 76.4 Å². The second-order valence-electron chi connectivity index (χ2n) is 4.31. The first-order valence-electron chi connectivity index (χ1n) is 4.92. The van der Waals surface area contributed by atoms with E-state index in [9.17, 15) is 0 Å².